The Kier molecular flexibility index (Phi) is 3.68. The van der Waals surface area contributed by atoms with E-state index in [1.54, 1.807) is 12.1 Å². The van der Waals surface area contributed by atoms with E-state index in [2.05, 4.69) is 20.8 Å². The first kappa shape index (κ1) is 13.4. The van der Waals surface area contributed by atoms with Crippen LogP contribution in [0.5, 0.6) is 0 Å². The molecule has 4 nitrogen and oxygen atoms in total. The second-order valence-corrected chi connectivity index (χ2v) is 5.01. The molecule has 1 aromatic carbocycles. The van der Waals surface area contributed by atoms with Crippen molar-refractivity contribution >= 4 is 11.8 Å². The second kappa shape index (κ2) is 4.67. The molecule has 0 aliphatic rings. The third-order valence-corrected chi connectivity index (χ3v) is 2.58. The number of aliphatic carboxylic acids is 1. The van der Waals surface area contributed by atoms with E-state index in [1.807, 2.05) is 12.1 Å². The van der Waals surface area contributed by atoms with Crippen molar-refractivity contribution in [1.82, 2.24) is 0 Å². The largest absolute Gasteiger partial charge is 0.480 e. The summed E-state index contributed by atoms with van der Waals surface area (Å²) >= 11 is 0. The number of nitrogens with two attached hydrogens (primary N) is 1. The van der Waals surface area contributed by atoms with Crippen LogP contribution in [0.4, 0.5) is 0 Å². The summed E-state index contributed by atoms with van der Waals surface area (Å²) in [6, 6.07) is 5.39. The van der Waals surface area contributed by atoms with Crippen molar-refractivity contribution < 1.29 is 14.7 Å². The Morgan fingerprint density at radius 2 is 1.65 bits per heavy atom. The number of ketones is 1. The van der Waals surface area contributed by atoms with Gasteiger partial charge in [-0.1, -0.05) is 45.0 Å². The highest BCUT2D eigenvalue weighted by molar-refractivity contribution is 6.11. The van der Waals surface area contributed by atoms with Gasteiger partial charge in [0.05, 0.1) is 0 Å². The predicted octanol–water partition coefficient (Wildman–Crippen LogP) is 1.58. The lowest BCUT2D eigenvalue weighted by molar-refractivity contribution is -0.137. The highest BCUT2D eigenvalue weighted by atomic mass is 16.4. The Morgan fingerprint density at radius 3 is 2.00 bits per heavy atom. The lowest BCUT2D eigenvalue weighted by Crippen LogP contribution is -2.38. The summed E-state index contributed by atoms with van der Waals surface area (Å²) in [5, 5.41) is 8.65. The zero-order chi connectivity index (χ0) is 13.2. The summed E-state index contributed by atoms with van der Waals surface area (Å²) in [5.74, 6) is -1.88. The number of hydrogen-bond acceptors (Lipinski definition) is 3. The number of Topliss-reactive ketones (excluding diaryl/α,β-unsaturated/α-hetero) is 1. The number of carboxylic acid groups (broad SMARTS) is 1. The maximum absolute atomic E-state index is 11.6. The molecule has 0 spiro atoms. The second-order valence-electron chi connectivity index (χ2n) is 5.01. The van der Waals surface area contributed by atoms with E-state index in [0.717, 1.165) is 5.56 Å². The third-order valence-electron chi connectivity index (χ3n) is 2.58. The highest BCUT2D eigenvalue weighted by Crippen LogP contribution is 2.22. The molecular formula is C13H17NO3. The van der Waals surface area contributed by atoms with Gasteiger partial charge in [0.25, 0.3) is 0 Å². The smallest absolute Gasteiger partial charge is 0.328 e. The number of benzene rings is 1. The molecule has 1 unspecified atom stereocenters. The Labute approximate surface area is 100 Å². The van der Waals surface area contributed by atoms with Crippen LogP contribution in [-0.4, -0.2) is 22.9 Å². The molecule has 3 N–H and O–H groups in total. The SMILES string of the molecule is CC(C)(C)c1ccc(C(=O)C(N)C(=O)O)cc1. The molecule has 0 aliphatic heterocycles. The van der Waals surface area contributed by atoms with Crippen LogP contribution >= 0.6 is 0 Å². The Hall–Kier alpha value is -1.68. The molecule has 0 bridgehead atoms. The van der Waals surface area contributed by atoms with Crippen molar-refractivity contribution in [3.63, 3.8) is 0 Å². The van der Waals surface area contributed by atoms with Crippen LogP contribution in [0.1, 0.15) is 36.7 Å². The first-order valence-corrected chi connectivity index (χ1v) is 5.36. The number of carboxylic acids is 1. The van der Waals surface area contributed by atoms with E-state index in [-0.39, 0.29) is 5.41 Å². The molecule has 0 aromatic heterocycles. The van der Waals surface area contributed by atoms with E-state index < -0.39 is 17.8 Å². The third kappa shape index (κ3) is 3.14. The van der Waals surface area contributed by atoms with E-state index >= 15 is 0 Å². The van der Waals surface area contributed by atoms with E-state index in [4.69, 9.17) is 10.8 Å². The molecule has 0 fully saturated rings. The van der Waals surface area contributed by atoms with Crippen molar-refractivity contribution in [3.05, 3.63) is 35.4 Å². The molecule has 1 aromatic rings. The molecule has 17 heavy (non-hydrogen) atoms. The maximum atomic E-state index is 11.6. The summed E-state index contributed by atoms with van der Waals surface area (Å²) in [5.41, 5.74) is 6.67. The molecule has 0 aliphatic carbocycles. The zero-order valence-electron chi connectivity index (χ0n) is 10.2. The van der Waals surface area contributed by atoms with Crippen LogP contribution in [-0.2, 0) is 10.2 Å². The minimum Gasteiger partial charge on any atom is -0.480 e. The number of hydrogen-bond donors (Lipinski definition) is 2. The maximum Gasteiger partial charge on any atom is 0.328 e. The van der Waals surface area contributed by atoms with Gasteiger partial charge in [0.1, 0.15) is 0 Å². The minimum absolute atomic E-state index is 0.00348. The van der Waals surface area contributed by atoms with Gasteiger partial charge in [0.2, 0.25) is 0 Å². The van der Waals surface area contributed by atoms with E-state index in [0.29, 0.717) is 5.56 Å². The Bertz CT molecular complexity index is 429. The van der Waals surface area contributed by atoms with Gasteiger partial charge in [0.15, 0.2) is 11.8 Å². The van der Waals surface area contributed by atoms with Gasteiger partial charge in [-0.3, -0.25) is 9.59 Å². The van der Waals surface area contributed by atoms with Crippen LogP contribution in [0.15, 0.2) is 24.3 Å². The monoisotopic (exact) mass is 235 g/mol. The fourth-order valence-corrected chi connectivity index (χ4v) is 1.43. The molecule has 4 heteroatoms. The van der Waals surface area contributed by atoms with Gasteiger partial charge >= 0.3 is 5.97 Å². The summed E-state index contributed by atoms with van der Waals surface area (Å²) in [7, 11) is 0. The summed E-state index contributed by atoms with van der Waals surface area (Å²) in [6.07, 6.45) is 0. The summed E-state index contributed by atoms with van der Waals surface area (Å²) in [6.45, 7) is 6.19. The average molecular weight is 235 g/mol. The molecule has 0 saturated carbocycles. The first-order chi connectivity index (χ1) is 7.73. The lowest BCUT2D eigenvalue weighted by atomic mass is 9.86. The summed E-state index contributed by atoms with van der Waals surface area (Å²) < 4.78 is 0. The predicted molar refractivity (Wildman–Crippen MR) is 65.1 cm³/mol. The van der Waals surface area contributed by atoms with Gasteiger partial charge in [-0.2, -0.15) is 0 Å². The van der Waals surface area contributed by atoms with Gasteiger partial charge in [0, 0.05) is 5.56 Å². The van der Waals surface area contributed by atoms with Crippen LogP contribution in [0, 0.1) is 0 Å². The van der Waals surface area contributed by atoms with Crippen LogP contribution < -0.4 is 5.73 Å². The molecule has 0 saturated heterocycles. The van der Waals surface area contributed by atoms with Crippen molar-refractivity contribution in [2.45, 2.75) is 32.2 Å². The molecular weight excluding hydrogens is 218 g/mol. The molecule has 0 heterocycles. The molecule has 92 valence electrons. The van der Waals surface area contributed by atoms with Crippen molar-refractivity contribution in [1.29, 1.82) is 0 Å². The fourth-order valence-electron chi connectivity index (χ4n) is 1.43. The molecule has 0 radical (unpaired) electrons. The van der Waals surface area contributed by atoms with Gasteiger partial charge in [-0.05, 0) is 11.0 Å². The Balaban J connectivity index is 2.96. The minimum atomic E-state index is -1.49. The van der Waals surface area contributed by atoms with Gasteiger partial charge < -0.3 is 10.8 Å². The lowest BCUT2D eigenvalue weighted by Gasteiger charge is -2.19. The molecule has 1 rings (SSSR count). The molecule has 1 atom stereocenters. The van der Waals surface area contributed by atoms with Crippen LogP contribution in [0.3, 0.4) is 0 Å². The van der Waals surface area contributed by atoms with E-state index in [9.17, 15) is 9.59 Å². The zero-order valence-corrected chi connectivity index (χ0v) is 10.2. The van der Waals surface area contributed by atoms with Gasteiger partial charge in [-0.25, -0.2) is 0 Å². The fraction of sp³-hybridized carbons (Fsp3) is 0.385. The number of rotatable bonds is 3. The normalized spacial score (nSPS) is 13.2. The highest BCUT2D eigenvalue weighted by Gasteiger charge is 2.23. The van der Waals surface area contributed by atoms with Gasteiger partial charge in [-0.15, -0.1) is 0 Å². The van der Waals surface area contributed by atoms with E-state index in [1.165, 1.54) is 0 Å². The topological polar surface area (TPSA) is 80.4 Å². The first-order valence-electron chi connectivity index (χ1n) is 5.36. The standard InChI is InChI=1S/C13H17NO3/c1-13(2,3)9-6-4-8(5-7-9)11(15)10(14)12(16)17/h4-7,10H,14H2,1-3H3,(H,16,17). The molecule has 0 amide bonds. The summed E-state index contributed by atoms with van der Waals surface area (Å²) in [4.78, 5) is 22.2. The quantitative estimate of drug-likeness (QED) is 0.615. The van der Waals surface area contributed by atoms with Crippen molar-refractivity contribution in [2.24, 2.45) is 5.73 Å². The average Bonchev–Trinajstić information content (AvgIpc) is 2.26. The number of carbonyl (C=O) groups is 2. The number of carbonyl (C=O) groups excluding carboxylic acids is 1. The van der Waals surface area contributed by atoms with Crippen molar-refractivity contribution in [3.8, 4) is 0 Å². The Morgan fingerprint density at radius 1 is 1.18 bits per heavy atom. The van der Waals surface area contributed by atoms with Crippen LogP contribution in [0.2, 0.25) is 0 Å². The van der Waals surface area contributed by atoms with Crippen LogP contribution in [0.25, 0.3) is 0 Å². The van der Waals surface area contributed by atoms with Crippen molar-refractivity contribution in [2.75, 3.05) is 0 Å².